The molecule has 0 atom stereocenters. The summed E-state index contributed by atoms with van der Waals surface area (Å²) < 4.78 is 12.9. The minimum Gasteiger partial charge on any atom is -0.336 e. The Kier molecular flexibility index (Phi) is 5.26. The third-order valence-electron chi connectivity index (χ3n) is 4.59. The van der Waals surface area contributed by atoms with Crippen molar-refractivity contribution in [2.75, 3.05) is 32.7 Å². The molecule has 2 aromatic rings. The number of carbonyl (C=O) groups is 1. The minimum absolute atomic E-state index is 0.119. The lowest BCUT2D eigenvalue weighted by Crippen LogP contribution is -2.49. The summed E-state index contributed by atoms with van der Waals surface area (Å²) in [6, 6.07) is 14.5. The molecule has 4 heteroatoms. The Balaban J connectivity index is 1.47. The van der Waals surface area contributed by atoms with Crippen molar-refractivity contribution in [2.24, 2.45) is 0 Å². The molecule has 1 amide bonds. The molecule has 2 aromatic carbocycles. The second-order valence-corrected chi connectivity index (χ2v) is 6.38. The number of amides is 1. The molecule has 1 aliphatic heterocycles. The van der Waals surface area contributed by atoms with E-state index < -0.39 is 0 Å². The smallest absolute Gasteiger partial charge is 0.253 e. The van der Waals surface area contributed by atoms with Crippen molar-refractivity contribution in [3.05, 3.63) is 71.0 Å². The van der Waals surface area contributed by atoms with E-state index in [0.29, 0.717) is 0 Å². The van der Waals surface area contributed by atoms with Crippen LogP contribution in [0, 0.1) is 12.7 Å². The highest BCUT2D eigenvalue weighted by Crippen LogP contribution is 2.11. The van der Waals surface area contributed by atoms with Gasteiger partial charge in [0, 0.05) is 38.3 Å². The fourth-order valence-corrected chi connectivity index (χ4v) is 2.99. The van der Waals surface area contributed by atoms with Gasteiger partial charge in [0.15, 0.2) is 0 Å². The van der Waals surface area contributed by atoms with Gasteiger partial charge in [-0.25, -0.2) is 4.39 Å². The highest BCUT2D eigenvalue weighted by molar-refractivity contribution is 5.94. The molecule has 3 nitrogen and oxygen atoms in total. The fourth-order valence-electron chi connectivity index (χ4n) is 2.99. The Labute approximate surface area is 142 Å². The van der Waals surface area contributed by atoms with Gasteiger partial charge in [-0.15, -0.1) is 0 Å². The minimum atomic E-state index is -0.193. The third-order valence-corrected chi connectivity index (χ3v) is 4.59. The van der Waals surface area contributed by atoms with Crippen LogP contribution in [0.15, 0.2) is 48.5 Å². The zero-order chi connectivity index (χ0) is 16.9. The summed E-state index contributed by atoms with van der Waals surface area (Å²) >= 11 is 0. The first-order chi connectivity index (χ1) is 11.6. The average Bonchev–Trinajstić information content (AvgIpc) is 2.62. The molecular weight excluding hydrogens is 303 g/mol. The Bertz CT molecular complexity index is 674. The van der Waals surface area contributed by atoms with Gasteiger partial charge in [-0.3, -0.25) is 9.69 Å². The van der Waals surface area contributed by atoms with E-state index in [9.17, 15) is 9.18 Å². The van der Waals surface area contributed by atoms with E-state index in [4.69, 9.17) is 0 Å². The van der Waals surface area contributed by atoms with Crippen LogP contribution in [0.4, 0.5) is 4.39 Å². The number of hydrogen-bond acceptors (Lipinski definition) is 2. The highest BCUT2D eigenvalue weighted by Gasteiger charge is 2.21. The Morgan fingerprint density at radius 2 is 1.58 bits per heavy atom. The Morgan fingerprint density at radius 3 is 2.21 bits per heavy atom. The quantitative estimate of drug-likeness (QED) is 0.862. The van der Waals surface area contributed by atoms with Crippen LogP contribution in [0.5, 0.6) is 0 Å². The van der Waals surface area contributed by atoms with E-state index in [1.165, 1.54) is 12.1 Å². The summed E-state index contributed by atoms with van der Waals surface area (Å²) in [5.74, 6) is -0.0739. The molecule has 1 fully saturated rings. The zero-order valence-corrected chi connectivity index (χ0v) is 14.0. The van der Waals surface area contributed by atoms with Crippen LogP contribution in [0.1, 0.15) is 21.5 Å². The van der Waals surface area contributed by atoms with Crippen molar-refractivity contribution in [1.82, 2.24) is 9.80 Å². The second-order valence-electron chi connectivity index (χ2n) is 6.38. The predicted molar refractivity (Wildman–Crippen MR) is 93.6 cm³/mol. The Morgan fingerprint density at radius 1 is 0.958 bits per heavy atom. The standard InChI is InChI=1S/C20H23FN2O/c1-16-2-6-18(7-3-16)20(24)23-14-12-22(13-15-23)11-10-17-4-8-19(21)9-5-17/h2-9H,10-15H2,1H3. The SMILES string of the molecule is Cc1ccc(C(=O)N2CCN(CCc3ccc(F)cc3)CC2)cc1. The highest BCUT2D eigenvalue weighted by atomic mass is 19.1. The number of piperazine rings is 1. The average molecular weight is 326 g/mol. The number of carbonyl (C=O) groups excluding carboxylic acids is 1. The molecule has 0 N–H and O–H groups in total. The maximum absolute atomic E-state index is 12.9. The van der Waals surface area contributed by atoms with Crippen LogP contribution in [-0.2, 0) is 6.42 Å². The van der Waals surface area contributed by atoms with Gasteiger partial charge < -0.3 is 4.90 Å². The summed E-state index contributed by atoms with van der Waals surface area (Å²) in [5.41, 5.74) is 3.08. The van der Waals surface area contributed by atoms with Crippen molar-refractivity contribution in [2.45, 2.75) is 13.3 Å². The van der Waals surface area contributed by atoms with Crippen molar-refractivity contribution in [3.63, 3.8) is 0 Å². The van der Waals surface area contributed by atoms with Crippen molar-refractivity contribution < 1.29 is 9.18 Å². The van der Waals surface area contributed by atoms with Crippen molar-refractivity contribution in [1.29, 1.82) is 0 Å². The van der Waals surface area contributed by atoms with Crippen molar-refractivity contribution >= 4 is 5.91 Å². The topological polar surface area (TPSA) is 23.6 Å². The number of halogens is 1. The van der Waals surface area contributed by atoms with Gasteiger partial charge in [0.2, 0.25) is 0 Å². The molecule has 0 saturated carbocycles. The monoisotopic (exact) mass is 326 g/mol. The van der Waals surface area contributed by atoms with Crippen molar-refractivity contribution in [3.8, 4) is 0 Å². The molecule has 1 aliphatic rings. The summed E-state index contributed by atoms with van der Waals surface area (Å²) in [4.78, 5) is 16.8. The summed E-state index contributed by atoms with van der Waals surface area (Å²) in [6.07, 6.45) is 0.909. The van der Waals surface area contributed by atoms with Gasteiger partial charge in [-0.2, -0.15) is 0 Å². The number of rotatable bonds is 4. The Hall–Kier alpha value is -2.20. The maximum Gasteiger partial charge on any atom is 0.253 e. The fraction of sp³-hybridized carbons (Fsp3) is 0.350. The van der Waals surface area contributed by atoms with Crippen LogP contribution < -0.4 is 0 Å². The molecule has 24 heavy (non-hydrogen) atoms. The van der Waals surface area contributed by atoms with E-state index in [0.717, 1.165) is 55.8 Å². The zero-order valence-electron chi connectivity index (χ0n) is 14.0. The van der Waals surface area contributed by atoms with E-state index in [1.807, 2.05) is 48.2 Å². The lowest BCUT2D eigenvalue weighted by molar-refractivity contribution is 0.0638. The van der Waals surface area contributed by atoms with Crippen LogP contribution in [0.3, 0.4) is 0 Å². The van der Waals surface area contributed by atoms with Gasteiger partial charge in [0.1, 0.15) is 5.82 Å². The number of hydrogen-bond donors (Lipinski definition) is 0. The summed E-state index contributed by atoms with van der Waals surface area (Å²) in [7, 11) is 0. The van der Waals surface area contributed by atoms with Gasteiger partial charge >= 0.3 is 0 Å². The molecule has 0 radical (unpaired) electrons. The van der Waals surface area contributed by atoms with E-state index in [2.05, 4.69) is 4.90 Å². The lowest BCUT2D eigenvalue weighted by atomic mass is 10.1. The molecule has 126 valence electrons. The molecule has 0 spiro atoms. The van der Waals surface area contributed by atoms with Crippen LogP contribution in [-0.4, -0.2) is 48.4 Å². The first-order valence-electron chi connectivity index (χ1n) is 8.44. The van der Waals surface area contributed by atoms with Gasteiger partial charge in [-0.1, -0.05) is 29.8 Å². The molecule has 0 unspecified atom stereocenters. The number of nitrogens with zero attached hydrogens (tertiary/aromatic N) is 2. The largest absolute Gasteiger partial charge is 0.336 e. The van der Waals surface area contributed by atoms with E-state index in [1.54, 1.807) is 0 Å². The molecular formula is C20H23FN2O. The second kappa shape index (κ2) is 7.58. The number of benzene rings is 2. The third kappa shape index (κ3) is 4.20. The van der Waals surface area contributed by atoms with Gasteiger partial charge in [0.05, 0.1) is 0 Å². The summed E-state index contributed by atoms with van der Waals surface area (Å²) in [5, 5.41) is 0. The maximum atomic E-state index is 12.9. The van der Waals surface area contributed by atoms with E-state index >= 15 is 0 Å². The molecule has 0 aromatic heterocycles. The normalized spacial score (nSPS) is 15.5. The summed E-state index contributed by atoms with van der Waals surface area (Å²) in [6.45, 7) is 6.26. The van der Waals surface area contributed by atoms with Crippen LogP contribution in [0.25, 0.3) is 0 Å². The molecule has 3 rings (SSSR count). The predicted octanol–water partition coefficient (Wildman–Crippen LogP) is 3.13. The first kappa shape index (κ1) is 16.7. The van der Waals surface area contributed by atoms with Crippen LogP contribution >= 0.6 is 0 Å². The molecule has 1 heterocycles. The molecule has 1 saturated heterocycles. The van der Waals surface area contributed by atoms with E-state index in [-0.39, 0.29) is 11.7 Å². The first-order valence-corrected chi connectivity index (χ1v) is 8.44. The molecule has 0 aliphatic carbocycles. The lowest BCUT2D eigenvalue weighted by Gasteiger charge is -2.34. The van der Waals surface area contributed by atoms with Crippen LogP contribution in [0.2, 0.25) is 0 Å². The molecule has 0 bridgehead atoms. The van der Waals surface area contributed by atoms with Gasteiger partial charge in [-0.05, 0) is 43.2 Å². The number of aryl methyl sites for hydroxylation is 1. The van der Waals surface area contributed by atoms with Gasteiger partial charge in [0.25, 0.3) is 5.91 Å².